The Morgan fingerprint density at radius 1 is 1.07 bits per heavy atom. The van der Waals surface area contributed by atoms with Crippen LogP contribution in [-0.2, 0) is 0 Å². The molecule has 4 aromatic rings. The number of nitrogens with two attached hydrogens (primary N) is 2. The second-order valence-corrected chi connectivity index (χ2v) is 7.58. The average molecular weight is 411 g/mol. The summed E-state index contributed by atoms with van der Waals surface area (Å²) in [4.78, 5) is 5.67. The number of imidazole rings is 1. The van der Waals surface area contributed by atoms with Crippen molar-refractivity contribution in [2.24, 2.45) is 5.73 Å². The van der Waals surface area contributed by atoms with Crippen molar-refractivity contribution in [1.29, 1.82) is 5.26 Å². The molecule has 4 rings (SSSR count). The van der Waals surface area contributed by atoms with E-state index in [0.717, 1.165) is 33.6 Å². The number of hydrogen-bond donors (Lipinski definition) is 2. The first-order valence-corrected chi connectivity index (χ1v) is 10.5. The van der Waals surface area contributed by atoms with Gasteiger partial charge in [0.1, 0.15) is 5.65 Å². The summed E-state index contributed by atoms with van der Waals surface area (Å²) in [6.07, 6.45) is 7.38. The molecule has 0 aliphatic carbocycles. The maximum atomic E-state index is 9.03. The maximum Gasteiger partial charge on any atom is 0.170 e. The largest absolute Gasteiger partial charge is 0.398 e. The third-order valence-electron chi connectivity index (χ3n) is 4.98. The minimum atomic E-state index is 0.615. The highest BCUT2D eigenvalue weighted by molar-refractivity contribution is 7.98. The predicted octanol–water partition coefficient (Wildman–Crippen LogP) is 3.25. The monoisotopic (exact) mass is 410 g/mol. The highest BCUT2D eigenvalue weighted by Crippen LogP contribution is 2.26. The summed E-state index contributed by atoms with van der Waals surface area (Å²) in [6.45, 7) is 0. The lowest BCUT2D eigenvalue weighted by atomic mass is 10.0. The lowest BCUT2D eigenvalue weighted by molar-refractivity contribution is -0.103. The summed E-state index contributed by atoms with van der Waals surface area (Å²) in [5, 5.41) is 15.0. The highest BCUT2D eigenvalue weighted by atomic mass is 32.2. The van der Waals surface area contributed by atoms with Gasteiger partial charge in [-0.05, 0) is 48.2 Å². The zero-order valence-corrected chi connectivity index (χ0v) is 17.2. The third-order valence-corrected chi connectivity index (χ3v) is 5.73. The average Bonchev–Trinajstić information content (AvgIpc) is 3.23. The lowest BCUT2D eigenvalue weighted by Gasteiger charge is -2.09. The first kappa shape index (κ1) is 19.5. The number of nitrogens with zero attached hydrogens (tertiary/aromatic N) is 3. The molecule has 0 radical (unpaired) electrons. The number of thioether (sulfide) groups is 1. The van der Waals surface area contributed by atoms with Crippen molar-refractivity contribution in [3.63, 3.8) is 0 Å². The predicted molar refractivity (Wildman–Crippen MR) is 123 cm³/mol. The van der Waals surface area contributed by atoms with Crippen LogP contribution in [0.25, 0.3) is 28.2 Å². The molecule has 0 saturated heterocycles. The molecule has 0 atom stereocenters. The lowest BCUT2D eigenvalue weighted by Crippen LogP contribution is -2.31. The van der Waals surface area contributed by atoms with Gasteiger partial charge in [0.25, 0.3) is 0 Å². The van der Waals surface area contributed by atoms with Crippen LogP contribution in [0.1, 0.15) is 16.7 Å². The van der Waals surface area contributed by atoms with Crippen LogP contribution in [0, 0.1) is 11.3 Å². The molecule has 0 saturated carbocycles. The smallest absolute Gasteiger partial charge is 0.170 e. The Balaban J connectivity index is 1.81. The van der Waals surface area contributed by atoms with Gasteiger partial charge in [-0.25, -0.2) is 4.98 Å². The number of pyridine rings is 1. The van der Waals surface area contributed by atoms with E-state index in [0.29, 0.717) is 11.3 Å². The molecule has 5 nitrogen and oxygen atoms in total. The zero-order chi connectivity index (χ0) is 21.1. The van der Waals surface area contributed by atoms with Crippen molar-refractivity contribution in [2.75, 3.05) is 6.26 Å². The van der Waals surface area contributed by atoms with Crippen molar-refractivity contribution >= 4 is 34.9 Å². The van der Waals surface area contributed by atoms with Crippen LogP contribution in [-0.4, -0.2) is 21.9 Å². The summed E-state index contributed by atoms with van der Waals surface area (Å²) in [7, 11) is 0. The third kappa shape index (κ3) is 3.59. The SMILES string of the molecule is CSc1ccc(C(N)=C(C=[NH2+])c2ccc3ncc(-c4ccc(C#N)cc4)n3c2)cc1. The number of rotatable bonds is 5. The van der Waals surface area contributed by atoms with Gasteiger partial charge in [-0.15, -0.1) is 11.8 Å². The van der Waals surface area contributed by atoms with Crippen LogP contribution in [0.5, 0.6) is 0 Å². The molecule has 0 unspecified atom stereocenters. The highest BCUT2D eigenvalue weighted by Gasteiger charge is 2.13. The molecule has 0 amide bonds. The second-order valence-electron chi connectivity index (χ2n) is 6.70. The molecule has 6 heteroatoms. The fraction of sp³-hybridized carbons (Fsp3) is 0.0417. The van der Waals surface area contributed by atoms with E-state index in [2.05, 4.69) is 11.1 Å². The van der Waals surface area contributed by atoms with Crippen molar-refractivity contribution in [3.05, 3.63) is 89.7 Å². The van der Waals surface area contributed by atoms with Crippen molar-refractivity contribution in [1.82, 2.24) is 9.38 Å². The van der Waals surface area contributed by atoms with Crippen molar-refractivity contribution in [2.45, 2.75) is 4.90 Å². The molecule has 0 aliphatic rings. The van der Waals surface area contributed by atoms with Gasteiger partial charge in [0.15, 0.2) is 6.21 Å². The Kier molecular flexibility index (Phi) is 5.38. The van der Waals surface area contributed by atoms with E-state index < -0.39 is 0 Å². The minimum Gasteiger partial charge on any atom is -0.398 e. The normalized spacial score (nSPS) is 11.7. The van der Waals surface area contributed by atoms with Crippen LogP contribution in [0.3, 0.4) is 0 Å². The number of fused-ring (bicyclic) bond motifs is 1. The number of aromatic nitrogens is 2. The van der Waals surface area contributed by atoms with E-state index in [-0.39, 0.29) is 0 Å². The molecule has 2 aromatic carbocycles. The molecule has 0 fully saturated rings. The molecule has 146 valence electrons. The second kappa shape index (κ2) is 8.27. The van der Waals surface area contributed by atoms with E-state index in [1.54, 1.807) is 23.9 Å². The molecule has 2 heterocycles. The van der Waals surface area contributed by atoms with E-state index in [1.165, 1.54) is 11.1 Å². The summed E-state index contributed by atoms with van der Waals surface area (Å²) < 4.78 is 2.00. The standard InChI is InChI=1S/C24H19N5S/c1-30-20-9-6-18(7-10-20)24(27)21(13-26)19-8-11-23-28-14-22(29(23)15-19)17-4-2-16(12-25)3-5-17/h2-11,13-15,26H,27H2,1H3/p+1. The van der Waals surface area contributed by atoms with Crippen molar-refractivity contribution in [3.8, 4) is 17.3 Å². The fourth-order valence-electron chi connectivity index (χ4n) is 3.34. The van der Waals surface area contributed by atoms with E-state index in [4.69, 9.17) is 16.4 Å². The van der Waals surface area contributed by atoms with Crippen LogP contribution in [0.15, 0.2) is 78.0 Å². The van der Waals surface area contributed by atoms with Gasteiger partial charge in [-0.1, -0.05) is 24.3 Å². The van der Waals surface area contributed by atoms with Crippen LogP contribution >= 0.6 is 11.8 Å². The van der Waals surface area contributed by atoms with Gasteiger partial charge in [0, 0.05) is 22.2 Å². The van der Waals surface area contributed by atoms with Crippen LogP contribution < -0.4 is 11.1 Å². The van der Waals surface area contributed by atoms with Gasteiger partial charge in [0.05, 0.1) is 34.8 Å². The number of benzene rings is 2. The van der Waals surface area contributed by atoms with Crippen LogP contribution in [0.2, 0.25) is 0 Å². The Bertz CT molecular complexity index is 1290. The Hall–Kier alpha value is -3.82. The van der Waals surface area contributed by atoms with Gasteiger partial charge in [0.2, 0.25) is 0 Å². The van der Waals surface area contributed by atoms with Gasteiger partial charge in [-0.2, -0.15) is 5.26 Å². The molecule has 0 spiro atoms. The van der Waals surface area contributed by atoms with Gasteiger partial charge < -0.3 is 5.73 Å². The van der Waals surface area contributed by atoms with Crippen molar-refractivity contribution < 1.29 is 5.41 Å². The summed E-state index contributed by atoms with van der Waals surface area (Å²) in [6, 6.07) is 21.6. The molecule has 0 aliphatic heterocycles. The molecular weight excluding hydrogens is 390 g/mol. The Morgan fingerprint density at radius 2 is 1.77 bits per heavy atom. The summed E-state index contributed by atoms with van der Waals surface area (Å²) >= 11 is 1.69. The number of allylic oxidation sites excluding steroid dienone is 1. The van der Waals surface area contributed by atoms with Gasteiger partial charge >= 0.3 is 0 Å². The summed E-state index contributed by atoms with van der Waals surface area (Å²) in [5.41, 5.74) is 13.0. The van der Waals surface area contributed by atoms with Gasteiger partial charge in [-0.3, -0.25) is 9.81 Å². The molecule has 4 N–H and O–H groups in total. The molecule has 2 aromatic heterocycles. The van der Waals surface area contributed by atoms with E-state index in [9.17, 15) is 0 Å². The summed E-state index contributed by atoms with van der Waals surface area (Å²) in [5.74, 6) is 0. The molecular formula is C24H20N5S+. The topological polar surface area (TPSA) is 92.7 Å². The Labute approximate surface area is 179 Å². The number of nitriles is 1. The zero-order valence-electron chi connectivity index (χ0n) is 16.4. The molecule has 0 bridgehead atoms. The molecule has 30 heavy (non-hydrogen) atoms. The van der Waals surface area contributed by atoms with Crippen LogP contribution in [0.4, 0.5) is 0 Å². The van der Waals surface area contributed by atoms with E-state index in [1.807, 2.05) is 71.6 Å². The minimum absolute atomic E-state index is 0.615. The number of hydrogen-bond acceptors (Lipinski definition) is 4. The van der Waals surface area contributed by atoms with E-state index >= 15 is 0 Å². The first-order chi connectivity index (χ1) is 14.6. The Morgan fingerprint density at radius 3 is 2.40 bits per heavy atom. The first-order valence-electron chi connectivity index (χ1n) is 9.31. The quantitative estimate of drug-likeness (QED) is 0.390. The fourth-order valence-corrected chi connectivity index (χ4v) is 3.74. The maximum absolute atomic E-state index is 9.03.